The van der Waals surface area contributed by atoms with E-state index in [1.807, 2.05) is 38.9 Å². The molecule has 0 fully saturated rings. The number of hydrogen-bond donors (Lipinski definition) is 3. The first-order valence-corrected chi connectivity index (χ1v) is 8.60. The Morgan fingerprint density at radius 3 is 2.31 bits per heavy atom. The Balaban J connectivity index is 2.09. The van der Waals surface area contributed by atoms with E-state index < -0.39 is 0 Å². The van der Waals surface area contributed by atoms with Gasteiger partial charge in [-0.25, -0.2) is 4.79 Å². The zero-order valence-corrected chi connectivity index (χ0v) is 16.0. The molecular weight excluding hydrogens is 352 g/mol. The summed E-state index contributed by atoms with van der Waals surface area (Å²) < 4.78 is 0. The second kappa shape index (κ2) is 8.58. The molecule has 6 nitrogen and oxygen atoms in total. The summed E-state index contributed by atoms with van der Waals surface area (Å²) in [6.45, 7) is 3.74. The Morgan fingerprint density at radius 2 is 1.69 bits per heavy atom. The van der Waals surface area contributed by atoms with Crippen LogP contribution >= 0.6 is 11.6 Å². The van der Waals surface area contributed by atoms with Crippen LogP contribution < -0.4 is 20.9 Å². The number of rotatable bonds is 5. The van der Waals surface area contributed by atoms with Crippen LogP contribution in [0.3, 0.4) is 0 Å². The van der Waals surface area contributed by atoms with Gasteiger partial charge in [-0.3, -0.25) is 4.79 Å². The van der Waals surface area contributed by atoms with E-state index in [9.17, 15) is 9.59 Å². The highest BCUT2D eigenvalue weighted by atomic mass is 35.5. The van der Waals surface area contributed by atoms with Crippen LogP contribution in [0.4, 0.5) is 21.9 Å². The van der Waals surface area contributed by atoms with Crippen molar-refractivity contribution in [2.75, 3.05) is 29.6 Å². The first kappa shape index (κ1) is 19.6. The number of urea groups is 1. The van der Waals surface area contributed by atoms with E-state index in [2.05, 4.69) is 16.0 Å². The van der Waals surface area contributed by atoms with E-state index >= 15 is 0 Å². The summed E-state index contributed by atoms with van der Waals surface area (Å²) >= 11 is 6.23. The fourth-order valence-corrected chi connectivity index (χ4v) is 2.67. The van der Waals surface area contributed by atoms with Crippen molar-refractivity contribution in [2.24, 2.45) is 0 Å². The molecule has 0 bridgehead atoms. The number of hydrogen-bond acceptors (Lipinski definition) is 3. The quantitative estimate of drug-likeness (QED) is 0.734. The van der Waals surface area contributed by atoms with E-state index in [-0.39, 0.29) is 18.0 Å². The zero-order valence-electron chi connectivity index (χ0n) is 15.3. The van der Waals surface area contributed by atoms with Gasteiger partial charge in [0.1, 0.15) is 0 Å². The minimum atomic E-state index is -0.316. The van der Waals surface area contributed by atoms with Crippen molar-refractivity contribution >= 4 is 40.6 Å². The first-order chi connectivity index (χ1) is 12.3. The molecule has 26 heavy (non-hydrogen) atoms. The number of benzene rings is 2. The number of amides is 3. The van der Waals surface area contributed by atoms with Gasteiger partial charge in [-0.05, 0) is 50.2 Å². The second-order valence-corrected chi connectivity index (χ2v) is 6.76. The summed E-state index contributed by atoms with van der Waals surface area (Å²) in [5.41, 5.74) is 2.44. The van der Waals surface area contributed by atoms with E-state index in [1.54, 1.807) is 36.4 Å². The Morgan fingerprint density at radius 1 is 1.00 bits per heavy atom. The lowest BCUT2D eigenvalue weighted by atomic mass is 10.1. The molecule has 0 aliphatic carbocycles. The molecule has 0 heterocycles. The molecule has 2 aromatic rings. The largest absolute Gasteiger partial charge is 0.376 e. The Labute approximate surface area is 158 Å². The van der Waals surface area contributed by atoms with Crippen molar-refractivity contribution in [3.05, 3.63) is 53.1 Å². The molecule has 0 atom stereocenters. The summed E-state index contributed by atoms with van der Waals surface area (Å²) in [6.07, 6.45) is 0. The number of halogens is 1. The lowest BCUT2D eigenvalue weighted by molar-refractivity contribution is 0.102. The average molecular weight is 375 g/mol. The third kappa shape index (κ3) is 5.39. The molecule has 0 aromatic heterocycles. The molecule has 3 amide bonds. The fourth-order valence-electron chi connectivity index (χ4n) is 2.32. The maximum atomic E-state index is 12.5. The van der Waals surface area contributed by atoms with Crippen molar-refractivity contribution in [3.8, 4) is 0 Å². The Kier molecular flexibility index (Phi) is 6.46. The van der Waals surface area contributed by atoms with E-state index in [1.165, 1.54) is 0 Å². The van der Waals surface area contributed by atoms with E-state index in [0.29, 0.717) is 22.0 Å². The van der Waals surface area contributed by atoms with Gasteiger partial charge in [-0.2, -0.15) is 0 Å². The van der Waals surface area contributed by atoms with Gasteiger partial charge in [0.05, 0.1) is 10.7 Å². The molecule has 0 spiro atoms. The van der Waals surface area contributed by atoms with Crippen LogP contribution in [-0.2, 0) is 0 Å². The highest BCUT2D eigenvalue weighted by molar-refractivity contribution is 6.33. The molecule has 0 radical (unpaired) electrons. The minimum Gasteiger partial charge on any atom is -0.376 e. The van der Waals surface area contributed by atoms with Gasteiger partial charge in [0.25, 0.3) is 5.91 Å². The molecule has 0 aliphatic rings. The van der Waals surface area contributed by atoms with Crippen molar-refractivity contribution in [3.63, 3.8) is 0 Å². The smallest absolute Gasteiger partial charge is 0.319 e. The van der Waals surface area contributed by atoms with Crippen LogP contribution in [0.2, 0.25) is 5.02 Å². The molecule has 2 aromatic carbocycles. The van der Waals surface area contributed by atoms with Gasteiger partial charge in [0, 0.05) is 37.1 Å². The summed E-state index contributed by atoms with van der Waals surface area (Å²) in [5, 5.41) is 8.79. The summed E-state index contributed by atoms with van der Waals surface area (Å²) in [6, 6.07) is 11.8. The molecule has 2 rings (SSSR count). The molecule has 7 heteroatoms. The molecule has 0 saturated heterocycles. The molecule has 0 saturated carbocycles. The van der Waals surface area contributed by atoms with Crippen LogP contribution in [-0.4, -0.2) is 32.1 Å². The standard InChI is InChI=1S/C19H23ClN4O2/c1-12(2)21-19(26)23-14-7-5-6-13(10-14)18(25)22-15-8-9-17(24(3)4)16(20)11-15/h5-12H,1-4H3,(H,22,25)(H2,21,23,26). The van der Waals surface area contributed by atoms with Crippen LogP contribution in [0.15, 0.2) is 42.5 Å². The highest BCUT2D eigenvalue weighted by Crippen LogP contribution is 2.27. The van der Waals surface area contributed by atoms with E-state index in [4.69, 9.17) is 11.6 Å². The predicted octanol–water partition coefficient (Wildman–Crippen LogP) is 4.19. The lowest BCUT2D eigenvalue weighted by Gasteiger charge is -2.15. The summed E-state index contributed by atoms with van der Waals surface area (Å²) in [4.78, 5) is 26.1. The van der Waals surface area contributed by atoms with Crippen molar-refractivity contribution in [2.45, 2.75) is 19.9 Å². The number of carbonyl (C=O) groups excluding carboxylic acids is 2. The van der Waals surface area contributed by atoms with Crippen molar-refractivity contribution in [1.29, 1.82) is 0 Å². The van der Waals surface area contributed by atoms with Gasteiger partial charge < -0.3 is 20.9 Å². The van der Waals surface area contributed by atoms with Gasteiger partial charge in [0.2, 0.25) is 0 Å². The summed E-state index contributed by atoms with van der Waals surface area (Å²) in [7, 11) is 3.79. The van der Waals surface area contributed by atoms with Crippen LogP contribution in [0, 0.1) is 0 Å². The monoisotopic (exact) mass is 374 g/mol. The van der Waals surface area contributed by atoms with Crippen LogP contribution in [0.1, 0.15) is 24.2 Å². The number of nitrogens with zero attached hydrogens (tertiary/aromatic N) is 1. The van der Waals surface area contributed by atoms with Gasteiger partial charge in [0.15, 0.2) is 0 Å². The lowest BCUT2D eigenvalue weighted by Crippen LogP contribution is -2.34. The minimum absolute atomic E-state index is 0.0244. The maximum Gasteiger partial charge on any atom is 0.319 e. The number of carbonyl (C=O) groups is 2. The Bertz CT molecular complexity index is 806. The van der Waals surface area contributed by atoms with Crippen molar-refractivity contribution in [1.82, 2.24) is 5.32 Å². The number of nitrogens with one attached hydrogen (secondary N) is 3. The maximum absolute atomic E-state index is 12.5. The zero-order chi connectivity index (χ0) is 19.3. The van der Waals surface area contributed by atoms with Crippen molar-refractivity contribution < 1.29 is 9.59 Å². The second-order valence-electron chi connectivity index (χ2n) is 6.35. The number of anilines is 3. The topological polar surface area (TPSA) is 73.5 Å². The van der Waals surface area contributed by atoms with Crippen LogP contribution in [0.25, 0.3) is 0 Å². The first-order valence-electron chi connectivity index (χ1n) is 8.22. The highest BCUT2D eigenvalue weighted by Gasteiger charge is 2.10. The molecule has 138 valence electrons. The predicted molar refractivity (Wildman–Crippen MR) is 107 cm³/mol. The Hall–Kier alpha value is -2.73. The van der Waals surface area contributed by atoms with E-state index in [0.717, 1.165) is 5.69 Å². The third-order valence-corrected chi connectivity index (χ3v) is 3.79. The third-order valence-electron chi connectivity index (χ3n) is 3.49. The van der Waals surface area contributed by atoms with Gasteiger partial charge in [-0.15, -0.1) is 0 Å². The fraction of sp³-hybridized carbons (Fsp3) is 0.263. The molecular formula is C19H23ClN4O2. The normalized spacial score (nSPS) is 10.4. The molecule has 0 unspecified atom stereocenters. The van der Waals surface area contributed by atoms with Crippen LogP contribution in [0.5, 0.6) is 0 Å². The molecule has 3 N–H and O–H groups in total. The SMILES string of the molecule is CC(C)NC(=O)Nc1cccc(C(=O)Nc2ccc(N(C)C)c(Cl)c2)c1. The van der Waals surface area contributed by atoms with Gasteiger partial charge >= 0.3 is 6.03 Å². The average Bonchev–Trinajstić information content (AvgIpc) is 2.53. The van der Waals surface area contributed by atoms with Gasteiger partial charge in [-0.1, -0.05) is 17.7 Å². The molecule has 0 aliphatic heterocycles. The summed E-state index contributed by atoms with van der Waals surface area (Å²) in [5.74, 6) is -0.286.